The zero-order valence-corrected chi connectivity index (χ0v) is 14.0. The van der Waals surface area contributed by atoms with Crippen LogP contribution in [0.3, 0.4) is 0 Å². The van der Waals surface area contributed by atoms with Gasteiger partial charge in [0.25, 0.3) is 5.91 Å². The minimum Gasteiger partial charge on any atom is -0.354 e. The Kier molecular flexibility index (Phi) is 6.23. The van der Waals surface area contributed by atoms with Gasteiger partial charge in [-0.3, -0.25) is 9.59 Å². The van der Waals surface area contributed by atoms with Crippen molar-refractivity contribution in [2.75, 3.05) is 26.2 Å². The van der Waals surface area contributed by atoms with Gasteiger partial charge in [0.1, 0.15) is 6.04 Å². The molecular formula is C15H22ClN3O2S. The van der Waals surface area contributed by atoms with Crippen molar-refractivity contribution in [1.82, 2.24) is 15.5 Å². The summed E-state index contributed by atoms with van der Waals surface area (Å²) in [4.78, 5) is 27.4. The SMILES string of the molecule is Cl.O=C(NCC1CNC1)C1CCCCN1C(=O)c1cccs1. The fourth-order valence-electron chi connectivity index (χ4n) is 2.84. The zero-order chi connectivity index (χ0) is 14.7. The molecule has 2 N–H and O–H groups in total. The van der Waals surface area contributed by atoms with Crippen molar-refractivity contribution < 1.29 is 9.59 Å². The maximum absolute atomic E-state index is 12.5. The van der Waals surface area contributed by atoms with Gasteiger partial charge in [-0.25, -0.2) is 0 Å². The number of hydrogen-bond acceptors (Lipinski definition) is 4. The first-order valence-electron chi connectivity index (χ1n) is 7.58. The Morgan fingerprint density at radius 1 is 1.36 bits per heavy atom. The first-order valence-corrected chi connectivity index (χ1v) is 8.46. The average Bonchev–Trinajstić information content (AvgIpc) is 2.99. The Morgan fingerprint density at radius 2 is 2.18 bits per heavy atom. The molecule has 2 aliphatic rings. The molecule has 0 radical (unpaired) electrons. The summed E-state index contributed by atoms with van der Waals surface area (Å²) in [5.74, 6) is 0.542. The van der Waals surface area contributed by atoms with Gasteiger partial charge >= 0.3 is 0 Å². The van der Waals surface area contributed by atoms with Gasteiger partial charge in [0.2, 0.25) is 5.91 Å². The molecular weight excluding hydrogens is 322 g/mol. The van der Waals surface area contributed by atoms with E-state index in [1.165, 1.54) is 11.3 Å². The second-order valence-electron chi connectivity index (χ2n) is 5.76. The lowest BCUT2D eigenvalue weighted by molar-refractivity contribution is -0.126. The van der Waals surface area contributed by atoms with Crippen LogP contribution in [-0.2, 0) is 4.79 Å². The molecule has 22 heavy (non-hydrogen) atoms. The molecule has 2 amide bonds. The van der Waals surface area contributed by atoms with Crippen LogP contribution in [0.1, 0.15) is 28.9 Å². The summed E-state index contributed by atoms with van der Waals surface area (Å²) >= 11 is 1.44. The van der Waals surface area contributed by atoms with Crippen LogP contribution in [0, 0.1) is 5.92 Å². The predicted molar refractivity (Wildman–Crippen MR) is 89.6 cm³/mol. The first kappa shape index (κ1) is 17.2. The van der Waals surface area contributed by atoms with Crippen LogP contribution in [0.4, 0.5) is 0 Å². The highest BCUT2D eigenvalue weighted by molar-refractivity contribution is 7.12. The zero-order valence-electron chi connectivity index (χ0n) is 12.4. The van der Waals surface area contributed by atoms with Gasteiger partial charge in [-0.1, -0.05) is 6.07 Å². The van der Waals surface area contributed by atoms with Gasteiger partial charge in [-0.05, 0) is 30.7 Å². The van der Waals surface area contributed by atoms with Crippen LogP contribution >= 0.6 is 23.7 Å². The highest BCUT2D eigenvalue weighted by Crippen LogP contribution is 2.22. The molecule has 2 aliphatic heterocycles. The fourth-order valence-corrected chi connectivity index (χ4v) is 3.52. The summed E-state index contributed by atoms with van der Waals surface area (Å²) in [7, 11) is 0. The summed E-state index contributed by atoms with van der Waals surface area (Å²) in [5, 5.41) is 8.11. The number of halogens is 1. The van der Waals surface area contributed by atoms with Crippen LogP contribution in [0.15, 0.2) is 17.5 Å². The van der Waals surface area contributed by atoms with Crippen molar-refractivity contribution in [2.24, 2.45) is 5.92 Å². The molecule has 1 atom stereocenters. The first-order chi connectivity index (χ1) is 10.3. The molecule has 3 rings (SSSR count). The van der Waals surface area contributed by atoms with Crippen molar-refractivity contribution in [1.29, 1.82) is 0 Å². The number of amides is 2. The van der Waals surface area contributed by atoms with Gasteiger partial charge in [0.15, 0.2) is 0 Å². The third-order valence-corrected chi connectivity index (χ3v) is 5.09. The molecule has 2 fully saturated rings. The number of nitrogens with zero attached hydrogens (tertiary/aromatic N) is 1. The molecule has 0 aromatic carbocycles. The molecule has 122 valence electrons. The standard InChI is InChI=1S/C15H21N3O2S.ClH/c19-14(17-10-11-8-16-9-11)12-4-1-2-6-18(12)15(20)13-5-3-7-21-13;/h3,5,7,11-12,16H,1-2,4,6,8-10H2,(H,17,19);1H. The van der Waals surface area contributed by atoms with E-state index in [1.54, 1.807) is 4.90 Å². The third-order valence-electron chi connectivity index (χ3n) is 4.23. The molecule has 0 spiro atoms. The van der Waals surface area contributed by atoms with E-state index in [-0.39, 0.29) is 30.3 Å². The van der Waals surface area contributed by atoms with Crippen LogP contribution < -0.4 is 10.6 Å². The van der Waals surface area contributed by atoms with E-state index in [0.717, 1.165) is 37.2 Å². The van der Waals surface area contributed by atoms with E-state index in [4.69, 9.17) is 0 Å². The molecule has 5 nitrogen and oxygen atoms in total. The highest BCUT2D eigenvalue weighted by atomic mass is 35.5. The Hall–Kier alpha value is -1.11. The Bertz CT molecular complexity index is 505. The summed E-state index contributed by atoms with van der Waals surface area (Å²) in [6, 6.07) is 3.40. The number of rotatable bonds is 4. The van der Waals surface area contributed by atoms with Crippen LogP contribution in [-0.4, -0.2) is 48.9 Å². The van der Waals surface area contributed by atoms with E-state index < -0.39 is 0 Å². The Labute approximate surface area is 140 Å². The predicted octanol–water partition coefficient (Wildman–Crippen LogP) is 1.50. The van der Waals surface area contributed by atoms with Crippen molar-refractivity contribution in [3.05, 3.63) is 22.4 Å². The maximum Gasteiger partial charge on any atom is 0.264 e. The molecule has 1 unspecified atom stereocenters. The second kappa shape index (κ2) is 7.94. The van der Waals surface area contributed by atoms with Gasteiger partial charge in [0.05, 0.1) is 4.88 Å². The van der Waals surface area contributed by atoms with Crippen molar-refractivity contribution in [3.8, 4) is 0 Å². The molecule has 1 aromatic rings. The van der Waals surface area contributed by atoms with E-state index in [2.05, 4.69) is 10.6 Å². The number of likely N-dealkylation sites (tertiary alicyclic amines) is 1. The average molecular weight is 344 g/mol. The highest BCUT2D eigenvalue weighted by Gasteiger charge is 2.33. The van der Waals surface area contributed by atoms with E-state index in [1.807, 2.05) is 17.5 Å². The van der Waals surface area contributed by atoms with Gasteiger partial charge in [-0.15, -0.1) is 23.7 Å². The lowest BCUT2D eigenvalue weighted by Gasteiger charge is -2.35. The Balaban J connectivity index is 0.00000176. The van der Waals surface area contributed by atoms with Crippen molar-refractivity contribution in [2.45, 2.75) is 25.3 Å². The molecule has 0 saturated carbocycles. The van der Waals surface area contributed by atoms with Gasteiger partial charge in [0, 0.05) is 32.1 Å². The molecule has 3 heterocycles. The number of hydrogen-bond donors (Lipinski definition) is 2. The van der Waals surface area contributed by atoms with E-state index in [9.17, 15) is 9.59 Å². The van der Waals surface area contributed by atoms with Crippen LogP contribution in [0.5, 0.6) is 0 Å². The molecule has 0 bridgehead atoms. The number of thiophene rings is 1. The van der Waals surface area contributed by atoms with Crippen molar-refractivity contribution in [3.63, 3.8) is 0 Å². The molecule has 7 heteroatoms. The molecule has 0 aliphatic carbocycles. The lowest BCUT2D eigenvalue weighted by atomic mass is 9.99. The monoisotopic (exact) mass is 343 g/mol. The fraction of sp³-hybridized carbons (Fsp3) is 0.600. The van der Waals surface area contributed by atoms with Crippen molar-refractivity contribution >= 4 is 35.6 Å². The van der Waals surface area contributed by atoms with Crippen LogP contribution in [0.2, 0.25) is 0 Å². The molecule has 2 saturated heterocycles. The summed E-state index contributed by atoms with van der Waals surface area (Å²) in [5.41, 5.74) is 0. The number of piperidine rings is 1. The van der Waals surface area contributed by atoms with Gasteiger partial charge < -0.3 is 15.5 Å². The summed E-state index contributed by atoms with van der Waals surface area (Å²) < 4.78 is 0. The Morgan fingerprint density at radius 3 is 2.82 bits per heavy atom. The smallest absolute Gasteiger partial charge is 0.264 e. The normalized spacial score (nSPS) is 21.6. The summed E-state index contributed by atoms with van der Waals surface area (Å²) in [6.07, 6.45) is 2.76. The van der Waals surface area contributed by atoms with E-state index in [0.29, 0.717) is 19.0 Å². The minimum absolute atomic E-state index is 0. The molecule has 1 aromatic heterocycles. The maximum atomic E-state index is 12.5. The third kappa shape index (κ3) is 3.80. The van der Waals surface area contributed by atoms with Crippen LogP contribution in [0.25, 0.3) is 0 Å². The van der Waals surface area contributed by atoms with Gasteiger partial charge in [-0.2, -0.15) is 0 Å². The number of carbonyl (C=O) groups excluding carboxylic acids is 2. The number of nitrogens with one attached hydrogen (secondary N) is 2. The minimum atomic E-state index is -0.304. The summed E-state index contributed by atoms with van der Waals surface area (Å²) in [6.45, 7) is 3.34. The lowest BCUT2D eigenvalue weighted by Crippen LogP contribution is -2.54. The largest absolute Gasteiger partial charge is 0.354 e. The van der Waals surface area contributed by atoms with E-state index >= 15 is 0 Å². The second-order valence-corrected chi connectivity index (χ2v) is 6.70. The topological polar surface area (TPSA) is 61.4 Å². The quantitative estimate of drug-likeness (QED) is 0.871. The number of carbonyl (C=O) groups is 2.